The molecule has 1 aliphatic rings. The van der Waals surface area contributed by atoms with Crippen molar-refractivity contribution in [1.29, 1.82) is 0 Å². The van der Waals surface area contributed by atoms with Gasteiger partial charge in [0.1, 0.15) is 12.1 Å². The summed E-state index contributed by atoms with van der Waals surface area (Å²) in [7, 11) is 0. The van der Waals surface area contributed by atoms with Crippen LogP contribution in [0.15, 0.2) is 95.2 Å². The molecule has 1 saturated heterocycles. The lowest BCUT2D eigenvalue weighted by molar-refractivity contribution is -0.133. The summed E-state index contributed by atoms with van der Waals surface area (Å²) in [4.78, 5) is 38.7. The Bertz CT molecular complexity index is 1160. The summed E-state index contributed by atoms with van der Waals surface area (Å²) in [6.45, 7) is 1.24. The standard InChI is InChI=1S/C24H21N5O3/c1-24(17-8-4-2-5-9-17)22(31)29(23(32)26-24)16-21(30)25-18-12-14-20(15-13-18)28-27-19-10-6-3-7-11-19/h2-15H,16H2,1H3,(H,25,30)(H,26,32). The van der Waals surface area contributed by atoms with Gasteiger partial charge in [-0.15, -0.1) is 0 Å². The number of carbonyl (C=O) groups excluding carboxylic acids is 3. The molecule has 8 nitrogen and oxygen atoms in total. The molecule has 0 saturated carbocycles. The quantitative estimate of drug-likeness (QED) is 0.447. The minimum atomic E-state index is -1.20. The van der Waals surface area contributed by atoms with E-state index in [4.69, 9.17) is 0 Å². The summed E-state index contributed by atoms with van der Waals surface area (Å²) in [6.07, 6.45) is 0. The molecule has 1 fully saturated rings. The minimum absolute atomic E-state index is 0.386. The van der Waals surface area contributed by atoms with Gasteiger partial charge in [-0.2, -0.15) is 10.2 Å². The van der Waals surface area contributed by atoms with Crippen LogP contribution in [0.2, 0.25) is 0 Å². The zero-order valence-electron chi connectivity index (χ0n) is 17.4. The number of urea groups is 1. The maximum Gasteiger partial charge on any atom is 0.325 e. The summed E-state index contributed by atoms with van der Waals surface area (Å²) in [5.74, 6) is -0.954. The normalized spacial score (nSPS) is 18.1. The summed E-state index contributed by atoms with van der Waals surface area (Å²) in [5.41, 5.74) is 1.33. The molecule has 3 aromatic carbocycles. The van der Waals surface area contributed by atoms with Crippen molar-refractivity contribution in [3.63, 3.8) is 0 Å². The number of anilines is 1. The Morgan fingerprint density at radius 3 is 2.06 bits per heavy atom. The number of amides is 4. The molecule has 1 atom stereocenters. The molecule has 2 N–H and O–H groups in total. The Morgan fingerprint density at radius 2 is 1.44 bits per heavy atom. The van der Waals surface area contributed by atoms with Crippen LogP contribution < -0.4 is 10.6 Å². The molecule has 0 radical (unpaired) electrons. The van der Waals surface area contributed by atoms with Crippen molar-refractivity contribution < 1.29 is 14.4 Å². The number of nitrogens with one attached hydrogen (secondary N) is 2. The minimum Gasteiger partial charge on any atom is -0.325 e. The van der Waals surface area contributed by atoms with Crippen molar-refractivity contribution in [1.82, 2.24) is 10.2 Å². The van der Waals surface area contributed by atoms with Crippen LogP contribution in [0.1, 0.15) is 12.5 Å². The lowest BCUT2D eigenvalue weighted by atomic mass is 9.92. The third-order valence-electron chi connectivity index (χ3n) is 5.12. The lowest BCUT2D eigenvalue weighted by Gasteiger charge is -2.22. The second kappa shape index (κ2) is 8.81. The monoisotopic (exact) mass is 427 g/mol. The second-order valence-electron chi connectivity index (χ2n) is 7.44. The fourth-order valence-corrected chi connectivity index (χ4v) is 3.37. The topological polar surface area (TPSA) is 103 Å². The fourth-order valence-electron chi connectivity index (χ4n) is 3.37. The first kappa shape index (κ1) is 20.9. The van der Waals surface area contributed by atoms with Crippen LogP contribution in [0.3, 0.4) is 0 Å². The third kappa shape index (κ3) is 4.39. The smallest absolute Gasteiger partial charge is 0.325 e. The van der Waals surface area contributed by atoms with Gasteiger partial charge in [-0.1, -0.05) is 48.5 Å². The van der Waals surface area contributed by atoms with E-state index in [-0.39, 0.29) is 6.54 Å². The highest BCUT2D eigenvalue weighted by Gasteiger charge is 2.49. The molecule has 1 aliphatic heterocycles. The first-order valence-electron chi connectivity index (χ1n) is 10.0. The number of hydrogen-bond acceptors (Lipinski definition) is 5. The highest BCUT2D eigenvalue weighted by molar-refractivity contribution is 6.10. The molecule has 0 bridgehead atoms. The Kier molecular flexibility index (Phi) is 5.76. The van der Waals surface area contributed by atoms with E-state index in [1.165, 1.54) is 0 Å². The molecule has 0 aliphatic carbocycles. The van der Waals surface area contributed by atoms with Crippen LogP contribution in [0, 0.1) is 0 Å². The van der Waals surface area contributed by atoms with Crippen molar-refractivity contribution in [3.8, 4) is 0 Å². The van der Waals surface area contributed by atoms with E-state index in [2.05, 4.69) is 20.9 Å². The largest absolute Gasteiger partial charge is 0.325 e. The van der Waals surface area contributed by atoms with Crippen LogP contribution in [0.4, 0.5) is 21.9 Å². The Labute approximate surface area is 185 Å². The van der Waals surface area contributed by atoms with Crippen LogP contribution in [0.25, 0.3) is 0 Å². The average molecular weight is 427 g/mol. The van der Waals surface area contributed by atoms with Crippen molar-refractivity contribution in [2.24, 2.45) is 10.2 Å². The summed E-state index contributed by atoms with van der Waals surface area (Å²) in [6, 6.07) is 24.4. The van der Waals surface area contributed by atoms with Gasteiger partial charge in [0.05, 0.1) is 11.4 Å². The van der Waals surface area contributed by atoms with Crippen LogP contribution in [-0.4, -0.2) is 29.3 Å². The van der Waals surface area contributed by atoms with E-state index in [0.717, 1.165) is 10.6 Å². The molecule has 32 heavy (non-hydrogen) atoms. The van der Waals surface area contributed by atoms with E-state index in [0.29, 0.717) is 16.9 Å². The second-order valence-corrected chi connectivity index (χ2v) is 7.44. The van der Waals surface area contributed by atoms with Gasteiger partial charge >= 0.3 is 6.03 Å². The maximum absolute atomic E-state index is 12.9. The van der Waals surface area contributed by atoms with E-state index in [9.17, 15) is 14.4 Å². The van der Waals surface area contributed by atoms with Crippen molar-refractivity contribution in [2.75, 3.05) is 11.9 Å². The molecule has 0 aromatic heterocycles. The van der Waals surface area contributed by atoms with Crippen molar-refractivity contribution >= 4 is 34.9 Å². The molecule has 8 heteroatoms. The fraction of sp³-hybridized carbons (Fsp3) is 0.125. The number of azo groups is 1. The zero-order valence-corrected chi connectivity index (χ0v) is 17.4. The molecule has 3 aromatic rings. The van der Waals surface area contributed by atoms with E-state index < -0.39 is 23.4 Å². The van der Waals surface area contributed by atoms with Crippen LogP contribution >= 0.6 is 0 Å². The highest BCUT2D eigenvalue weighted by atomic mass is 16.2. The number of nitrogens with zero attached hydrogens (tertiary/aromatic N) is 3. The highest BCUT2D eigenvalue weighted by Crippen LogP contribution is 2.28. The number of hydrogen-bond donors (Lipinski definition) is 2. The van der Waals surface area contributed by atoms with Gasteiger partial charge in [0.25, 0.3) is 5.91 Å². The van der Waals surface area contributed by atoms with Gasteiger partial charge in [0.15, 0.2) is 0 Å². The molecule has 0 spiro atoms. The Hall–Kier alpha value is -4.33. The molecule has 160 valence electrons. The molecule has 1 unspecified atom stereocenters. The number of imide groups is 1. The molecular weight excluding hydrogens is 406 g/mol. The number of carbonyl (C=O) groups is 3. The van der Waals surface area contributed by atoms with E-state index >= 15 is 0 Å². The summed E-state index contributed by atoms with van der Waals surface area (Å²) >= 11 is 0. The van der Waals surface area contributed by atoms with Crippen LogP contribution in [-0.2, 0) is 15.1 Å². The summed E-state index contributed by atoms with van der Waals surface area (Å²) < 4.78 is 0. The van der Waals surface area contributed by atoms with Gasteiger partial charge < -0.3 is 10.6 Å². The van der Waals surface area contributed by atoms with Gasteiger partial charge in [-0.25, -0.2) is 4.79 Å². The number of rotatable bonds is 6. The van der Waals surface area contributed by atoms with Gasteiger partial charge in [-0.3, -0.25) is 14.5 Å². The van der Waals surface area contributed by atoms with E-state index in [1.54, 1.807) is 55.5 Å². The summed E-state index contributed by atoms with van der Waals surface area (Å²) in [5, 5.41) is 13.7. The van der Waals surface area contributed by atoms with Crippen molar-refractivity contribution in [2.45, 2.75) is 12.5 Å². The van der Waals surface area contributed by atoms with Gasteiger partial charge in [0.2, 0.25) is 5.91 Å². The SMILES string of the molecule is CC1(c2ccccc2)NC(=O)N(CC(=O)Nc2ccc(N=Nc3ccccc3)cc2)C1=O. The molecule has 4 rings (SSSR count). The molecule has 4 amide bonds. The van der Waals surface area contributed by atoms with Gasteiger partial charge in [-0.05, 0) is 48.9 Å². The predicted octanol–water partition coefficient (Wildman–Crippen LogP) is 4.51. The number of benzene rings is 3. The third-order valence-corrected chi connectivity index (χ3v) is 5.12. The Morgan fingerprint density at radius 1 is 0.875 bits per heavy atom. The predicted molar refractivity (Wildman–Crippen MR) is 120 cm³/mol. The van der Waals surface area contributed by atoms with Crippen molar-refractivity contribution in [3.05, 3.63) is 90.5 Å². The first-order valence-corrected chi connectivity index (χ1v) is 10.0. The zero-order chi connectivity index (χ0) is 22.6. The average Bonchev–Trinajstić information content (AvgIpc) is 3.04. The molecular formula is C24H21N5O3. The lowest BCUT2D eigenvalue weighted by Crippen LogP contribution is -2.42. The Balaban J connectivity index is 1.38. The van der Waals surface area contributed by atoms with Crippen LogP contribution in [0.5, 0.6) is 0 Å². The molecule has 1 heterocycles. The maximum atomic E-state index is 12.9. The van der Waals surface area contributed by atoms with Gasteiger partial charge in [0, 0.05) is 5.69 Å². The van der Waals surface area contributed by atoms with E-state index in [1.807, 2.05) is 36.4 Å². The first-order chi connectivity index (χ1) is 15.5.